The number of rotatable bonds is 2. The summed E-state index contributed by atoms with van der Waals surface area (Å²) in [6, 6.07) is 11.9. The lowest BCUT2D eigenvalue weighted by Gasteiger charge is -2.18. The van der Waals surface area contributed by atoms with Crippen LogP contribution in [0, 0.1) is 11.3 Å². The molecule has 0 radical (unpaired) electrons. The van der Waals surface area contributed by atoms with Crippen molar-refractivity contribution >= 4 is 34.0 Å². The average molecular weight is 222 g/mol. The monoisotopic (exact) mass is 222 g/mol. The van der Waals surface area contributed by atoms with E-state index >= 15 is 0 Å². The molecular formula is C10H10N2S2. The largest absolute Gasteiger partial charge is 0.330 e. The molecule has 0 amide bonds. The molecule has 0 unspecified atom stereocenters. The second-order valence-electron chi connectivity index (χ2n) is 2.61. The highest BCUT2D eigenvalue weighted by Crippen LogP contribution is 2.16. The van der Waals surface area contributed by atoms with Crippen LogP contribution in [0.4, 0.5) is 5.69 Å². The third-order valence-electron chi connectivity index (χ3n) is 1.68. The van der Waals surface area contributed by atoms with Crippen molar-refractivity contribution in [3.63, 3.8) is 0 Å². The third-order valence-corrected chi connectivity index (χ3v) is 3.10. The molecule has 0 saturated heterocycles. The zero-order valence-electron chi connectivity index (χ0n) is 7.80. The van der Waals surface area contributed by atoms with Crippen molar-refractivity contribution in [3.05, 3.63) is 30.3 Å². The van der Waals surface area contributed by atoms with Gasteiger partial charge in [-0.15, -0.1) is 0 Å². The van der Waals surface area contributed by atoms with Gasteiger partial charge in [0.15, 0.2) is 0 Å². The third kappa shape index (κ3) is 3.02. The maximum Gasteiger partial charge on any atom is 0.141 e. The van der Waals surface area contributed by atoms with Crippen LogP contribution in [0.25, 0.3) is 0 Å². The zero-order valence-corrected chi connectivity index (χ0v) is 9.44. The Hall–Kier alpha value is -1.05. The van der Waals surface area contributed by atoms with Crippen molar-refractivity contribution in [2.24, 2.45) is 0 Å². The SMILES string of the molecule is CN(C(=S)SCC#N)c1ccccc1. The minimum Gasteiger partial charge on any atom is -0.330 e. The first-order chi connectivity index (χ1) is 6.75. The number of benzene rings is 1. The number of para-hydroxylation sites is 1. The Bertz CT molecular complexity index is 343. The summed E-state index contributed by atoms with van der Waals surface area (Å²) in [6.45, 7) is 0. The van der Waals surface area contributed by atoms with Crippen molar-refractivity contribution in [2.45, 2.75) is 0 Å². The molecule has 0 atom stereocenters. The van der Waals surface area contributed by atoms with Gasteiger partial charge in [-0.2, -0.15) is 5.26 Å². The lowest BCUT2D eigenvalue weighted by atomic mass is 10.3. The molecule has 0 aromatic heterocycles. The highest BCUT2D eigenvalue weighted by molar-refractivity contribution is 8.23. The highest BCUT2D eigenvalue weighted by Gasteiger charge is 2.05. The molecule has 2 nitrogen and oxygen atoms in total. The van der Waals surface area contributed by atoms with Crippen molar-refractivity contribution in [1.82, 2.24) is 0 Å². The Labute approximate surface area is 93.5 Å². The molecule has 0 fully saturated rings. The maximum atomic E-state index is 8.42. The summed E-state index contributed by atoms with van der Waals surface area (Å²) in [6.07, 6.45) is 0. The van der Waals surface area contributed by atoms with E-state index in [-0.39, 0.29) is 0 Å². The normalized spacial score (nSPS) is 9.14. The summed E-state index contributed by atoms with van der Waals surface area (Å²) in [4.78, 5) is 1.90. The van der Waals surface area contributed by atoms with E-state index in [1.54, 1.807) is 0 Å². The van der Waals surface area contributed by atoms with Crippen LogP contribution < -0.4 is 4.90 Å². The minimum atomic E-state index is 0.399. The number of hydrogen-bond acceptors (Lipinski definition) is 3. The van der Waals surface area contributed by atoms with Crippen LogP contribution in [0.15, 0.2) is 30.3 Å². The van der Waals surface area contributed by atoms with Gasteiger partial charge in [0.2, 0.25) is 0 Å². The fourth-order valence-corrected chi connectivity index (χ4v) is 1.72. The Morgan fingerprint density at radius 2 is 2.14 bits per heavy atom. The van der Waals surface area contributed by atoms with E-state index in [1.807, 2.05) is 42.3 Å². The molecule has 0 saturated carbocycles. The highest BCUT2D eigenvalue weighted by atomic mass is 32.2. The van der Waals surface area contributed by atoms with Crippen LogP contribution in [0.2, 0.25) is 0 Å². The van der Waals surface area contributed by atoms with E-state index in [4.69, 9.17) is 17.5 Å². The minimum absolute atomic E-state index is 0.399. The van der Waals surface area contributed by atoms with Crippen LogP contribution in [0.3, 0.4) is 0 Å². The lowest BCUT2D eigenvalue weighted by Crippen LogP contribution is -2.21. The molecule has 0 N–H and O–H groups in total. The summed E-state index contributed by atoms with van der Waals surface area (Å²) in [5, 5.41) is 8.42. The Morgan fingerprint density at radius 1 is 1.50 bits per heavy atom. The molecule has 0 aliphatic heterocycles. The second kappa shape index (κ2) is 5.63. The number of nitriles is 1. The van der Waals surface area contributed by atoms with E-state index in [2.05, 4.69) is 6.07 Å². The lowest BCUT2D eigenvalue weighted by molar-refractivity contribution is 1.31. The predicted octanol–water partition coefficient (Wildman–Crippen LogP) is 2.66. The Morgan fingerprint density at radius 3 is 2.71 bits per heavy atom. The van der Waals surface area contributed by atoms with Gasteiger partial charge in [-0.3, -0.25) is 0 Å². The molecular weight excluding hydrogens is 212 g/mol. The van der Waals surface area contributed by atoms with E-state index < -0.39 is 0 Å². The Kier molecular flexibility index (Phi) is 4.44. The van der Waals surface area contributed by atoms with Crippen LogP contribution >= 0.6 is 24.0 Å². The smallest absolute Gasteiger partial charge is 0.141 e. The van der Waals surface area contributed by atoms with E-state index in [0.29, 0.717) is 5.75 Å². The quantitative estimate of drug-likeness (QED) is 0.719. The van der Waals surface area contributed by atoms with Crippen LogP contribution in [-0.4, -0.2) is 17.1 Å². The van der Waals surface area contributed by atoms with Crippen LogP contribution in [0.1, 0.15) is 0 Å². The summed E-state index contributed by atoms with van der Waals surface area (Å²) in [5.74, 6) is 0.399. The standard InChI is InChI=1S/C10H10N2S2/c1-12(10(13)14-8-7-11)9-5-3-2-4-6-9/h2-6H,8H2,1H3. The summed E-state index contributed by atoms with van der Waals surface area (Å²) >= 11 is 6.54. The number of anilines is 1. The van der Waals surface area contributed by atoms with Gasteiger partial charge < -0.3 is 4.90 Å². The topological polar surface area (TPSA) is 27.0 Å². The number of nitrogens with zero attached hydrogens (tertiary/aromatic N) is 2. The first-order valence-electron chi connectivity index (χ1n) is 4.08. The van der Waals surface area contributed by atoms with Crippen LogP contribution in [-0.2, 0) is 0 Å². The molecule has 72 valence electrons. The van der Waals surface area contributed by atoms with Gasteiger partial charge >= 0.3 is 0 Å². The van der Waals surface area contributed by atoms with Crippen molar-refractivity contribution in [2.75, 3.05) is 17.7 Å². The predicted molar refractivity (Wildman–Crippen MR) is 65.5 cm³/mol. The first kappa shape index (κ1) is 11.0. The van der Waals surface area contributed by atoms with Crippen molar-refractivity contribution < 1.29 is 0 Å². The van der Waals surface area contributed by atoms with Gasteiger partial charge in [0.05, 0.1) is 11.8 Å². The average Bonchev–Trinajstić information content (AvgIpc) is 2.26. The van der Waals surface area contributed by atoms with Gasteiger partial charge in [-0.1, -0.05) is 42.2 Å². The number of hydrogen-bond donors (Lipinski definition) is 0. The van der Waals surface area contributed by atoms with Crippen molar-refractivity contribution in [3.8, 4) is 6.07 Å². The number of thiocarbonyl (C=S) groups is 1. The second-order valence-corrected chi connectivity index (χ2v) is 4.22. The van der Waals surface area contributed by atoms with E-state index in [9.17, 15) is 0 Å². The maximum absolute atomic E-state index is 8.42. The summed E-state index contributed by atoms with van der Waals surface area (Å²) in [7, 11) is 1.90. The molecule has 0 spiro atoms. The van der Waals surface area contributed by atoms with Crippen LogP contribution in [0.5, 0.6) is 0 Å². The molecule has 1 aromatic carbocycles. The summed E-state index contributed by atoms with van der Waals surface area (Å²) in [5.41, 5.74) is 1.04. The van der Waals surface area contributed by atoms with Gasteiger partial charge in [-0.05, 0) is 12.1 Å². The molecule has 0 aliphatic rings. The molecule has 0 aliphatic carbocycles. The van der Waals surface area contributed by atoms with E-state index in [1.165, 1.54) is 11.8 Å². The molecule has 4 heteroatoms. The molecule has 1 rings (SSSR count). The fraction of sp³-hybridized carbons (Fsp3) is 0.200. The van der Waals surface area contributed by atoms with Gasteiger partial charge in [0, 0.05) is 12.7 Å². The van der Waals surface area contributed by atoms with Gasteiger partial charge in [-0.25, -0.2) is 0 Å². The summed E-state index contributed by atoms with van der Waals surface area (Å²) < 4.78 is 0.720. The van der Waals surface area contributed by atoms with Gasteiger partial charge in [0.25, 0.3) is 0 Å². The number of thioether (sulfide) groups is 1. The molecule has 1 aromatic rings. The van der Waals surface area contributed by atoms with Gasteiger partial charge in [0.1, 0.15) is 4.32 Å². The molecule has 0 bridgehead atoms. The Balaban J connectivity index is 2.62. The van der Waals surface area contributed by atoms with E-state index in [0.717, 1.165) is 10.0 Å². The fourth-order valence-electron chi connectivity index (χ4n) is 0.948. The zero-order chi connectivity index (χ0) is 10.4. The first-order valence-corrected chi connectivity index (χ1v) is 5.47. The molecule has 14 heavy (non-hydrogen) atoms. The van der Waals surface area contributed by atoms with Crippen molar-refractivity contribution in [1.29, 1.82) is 5.26 Å². The molecule has 0 heterocycles.